The van der Waals surface area contributed by atoms with Crippen LogP contribution < -0.4 is 18.9 Å². The third-order valence-electron chi connectivity index (χ3n) is 5.56. The first-order chi connectivity index (χ1) is 16.5. The molecule has 0 fully saturated rings. The normalized spacial score (nSPS) is 14.6. The van der Waals surface area contributed by atoms with Gasteiger partial charge in [0.25, 0.3) is 0 Å². The van der Waals surface area contributed by atoms with Gasteiger partial charge in [0, 0.05) is 24.5 Å². The Morgan fingerprint density at radius 1 is 1.06 bits per heavy atom. The summed E-state index contributed by atoms with van der Waals surface area (Å²) in [5.74, 6) is 2.56. The van der Waals surface area contributed by atoms with Gasteiger partial charge in [0.05, 0.1) is 19.8 Å². The molecule has 1 heterocycles. The minimum Gasteiger partial charge on any atom is -0.504 e. The van der Waals surface area contributed by atoms with E-state index in [0.29, 0.717) is 56.3 Å². The van der Waals surface area contributed by atoms with Crippen LogP contribution >= 0.6 is 0 Å². The van der Waals surface area contributed by atoms with Gasteiger partial charge in [0.1, 0.15) is 17.2 Å². The van der Waals surface area contributed by atoms with Gasteiger partial charge in [-0.2, -0.15) is 0 Å². The highest BCUT2D eigenvalue weighted by atomic mass is 16.8. The van der Waals surface area contributed by atoms with E-state index < -0.39 is 12.4 Å². The third kappa shape index (κ3) is 6.40. The number of carbonyl (C=O) groups is 1. The molecule has 34 heavy (non-hydrogen) atoms. The second kappa shape index (κ2) is 12.3. The zero-order chi connectivity index (χ0) is 24.5. The van der Waals surface area contributed by atoms with Gasteiger partial charge in [-0.15, -0.1) is 0 Å². The van der Waals surface area contributed by atoms with Crippen LogP contribution in [0.15, 0.2) is 24.3 Å². The van der Waals surface area contributed by atoms with Crippen molar-refractivity contribution in [3.63, 3.8) is 0 Å². The molecule has 0 bridgehead atoms. The van der Waals surface area contributed by atoms with Crippen LogP contribution in [0.1, 0.15) is 56.7 Å². The standard InChI is InChI=1S/C26H34O8/c1-4-8-19-21(11-9-18-10-12-24(33-25(18)19)34-26(28)29)31-13-7-14-32-22-16-20(27)23(30-6-3)15-17(22)5-2/h9,11,15-16,24,27H,4-8,10,12-14H2,1-3H3,(H,28,29). The van der Waals surface area contributed by atoms with Gasteiger partial charge in [0.15, 0.2) is 11.5 Å². The SMILES string of the molecule is CCCc1c(OCCCOc2cc(O)c(OCC)cc2CC)ccc2c1OC(OC(=O)O)CC2. The molecule has 2 N–H and O–H groups in total. The number of carboxylic acid groups (broad SMARTS) is 1. The van der Waals surface area contributed by atoms with Crippen molar-refractivity contribution in [1.82, 2.24) is 0 Å². The molecular weight excluding hydrogens is 440 g/mol. The first kappa shape index (κ1) is 25.3. The Morgan fingerprint density at radius 2 is 1.82 bits per heavy atom. The van der Waals surface area contributed by atoms with Gasteiger partial charge in [-0.25, -0.2) is 4.79 Å². The van der Waals surface area contributed by atoms with Crippen LogP contribution in [-0.4, -0.2) is 42.5 Å². The molecule has 3 rings (SSSR count). The van der Waals surface area contributed by atoms with Crippen molar-refractivity contribution in [2.24, 2.45) is 0 Å². The largest absolute Gasteiger partial charge is 0.508 e. The van der Waals surface area contributed by atoms with Crippen LogP contribution in [-0.2, 0) is 24.0 Å². The molecule has 0 aromatic heterocycles. The van der Waals surface area contributed by atoms with Crippen LogP contribution in [0.4, 0.5) is 4.79 Å². The summed E-state index contributed by atoms with van der Waals surface area (Å²) in [7, 11) is 0. The molecule has 2 aromatic carbocycles. The van der Waals surface area contributed by atoms with Crippen molar-refractivity contribution in [1.29, 1.82) is 0 Å². The molecule has 1 aliphatic heterocycles. The Bertz CT molecular complexity index is 972. The monoisotopic (exact) mass is 474 g/mol. The number of aromatic hydroxyl groups is 1. The Kier molecular flexibility index (Phi) is 9.13. The summed E-state index contributed by atoms with van der Waals surface area (Å²) in [5.41, 5.74) is 2.94. The summed E-state index contributed by atoms with van der Waals surface area (Å²) in [6.45, 7) is 7.32. The summed E-state index contributed by atoms with van der Waals surface area (Å²) in [6, 6.07) is 7.33. The lowest BCUT2D eigenvalue weighted by molar-refractivity contribution is -0.0640. The highest BCUT2D eigenvalue weighted by Gasteiger charge is 2.26. The number of phenolic OH excluding ortho intramolecular Hbond substituents is 1. The second-order valence-electron chi connectivity index (χ2n) is 8.02. The highest BCUT2D eigenvalue weighted by molar-refractivity contribution is 5.57. The molecule has 0 spiro atoms. The molecule has 1 unspecified atom stereocenters. The zero-order valence-corrected chi connectivity index (χ0v) is 20.1. The fourth-order valence-corrected chi connectivity index (χ4v) is 3.98. The number of phenols is 1. The quantitative estimate of drug-likeness (QED) is 0.307. The van der Waals surface area contributed by atoms with Crippen LogP contribution in [0.5, 0.6) is 28.7 Å². The average Bonchev–Trinajstić information content (AvgIpc) is 2.81. The molecule has 0 radical (unpaired) electrons. The molecular formula is C26H34O8. The summed E-state index contributed by atoms with van der Waals surface area (Å²) >= 11 is 0. The van der Waals surface area contributed by atoms with Crippen molar-refractivity contribution < 1.29 is 38.7 Å². The van der Waals surface area contributed by atoms with E-state index in [1.165, 1.54) is 0 Å². The van der Waals surface area contributed by atoms with E-state index in [0.717, 1.165) is 41.7 Å². The number of ether oxygens (including phenoxy) is 5. The number of benzene rings is 2. The van der Waals surface area contributed by atoms with Crippen LogP contribution in [0, 0.1) is 0 Å². The van der Waals surface area contributed by atoms with Crippen molar-refractivity contribution >= 4 is 6.16 Å². The maximum Gasteiger partial charge on any atom is 0.508 e. The molecule has 186 valence electrons. The van der Waals surface area contributed by atoms with E-state index >= 15 is 0 Å². The minimum atomic E-state index is -1.34. The summed E-state index contributed by atoms with van der Waals surface area (Å²) in [5, 5.41) is 19.1. The maximum atomic E-state index is 10.9. The summed E-state index contributed by atoms with van der Waals surface area (Å²) < 4.78 is 28.1. The number of aryl methyl sites for hydroxylation is 2. The predicted octanol–water partition coefficient (Wildman–Crippen LogP) is 5.50. The van der Waals surface area contributed by atoms with E-state index in [2.05, 4.69) is 6.92 Å². The molecule has 0 saturated carbocycles. The molecule has 1 atom stereocenters. The number of hydrogen-bond acceptors (Lipinski definition) is 7. The molecule has 8 heteroatoms. The lowest BCUT2D eigenvalue weighted by atomic mass is 9.98. The van der Waals surface area contributed by atoms with Crippen LogP contribution in [0.25, 0.3) is 0 Å². The number of hydrogen-bond donors (Lipinski definition) is 2. The lowest BCUT2D eigenvalue weighted by Gasteiger charge is -2.27. The van der Waals surface area contributed by atoms with Gasteiger partial charge in [0.2, 0.25) is 6.29 Å². The van der Waals surface area contributed by atoms with E-state index in [1.807, 2.05) is 32.0 Å². The Balaban J connectivity index is 1.60. The molecule has 0 aliphatic carbocycles. The first-order valence-corrected chi connectivity index (χ1v) is 11.9. The third-order valence-corrected chi connectivity index (χ3v) is 5.56. The van der Waals surface area contributed by atoms with Gasteiger partial charge in [-0.1, -0.05) is 26.3 Å². The Hall–Kier alpha value is -3.29. The maximum absolute atomic E-state index is 10.9. The summed E-state index contributed by atoms with van der Waals surface area (Å²) in [6.07, 6.45) is 2.08. The van der Waals surface area contributed by atoms with Gasteiger partial charge >= 0.3 is 6.16 Å². The van der Waals surface area contributed by atoms with Gasteiger partial charge < -0.3 is 33.9 Å². The molecule has 0 amide bonds. The molecule has 1 aliphatic rings. The summed E-state index contributed by atoms with van der Waals surface area (Å²) in [4.78, 5) is 10.9. The van der Waals surface area contributed by atoms with Crippen molar-refractivity contribution in [2.45, 2.75) is 65.6 Å². The highest BCUT2D eigenvalue weighted by Crippen LogP contribution is 2.38. The van der Waals surface area contributed by atoms with Crippen molar-refractivity contribution in [3.8, 4) is 28.7 Å². The fraction of sp³-hybridized carbons (Fsp3) is 0.500. The van der Waals surface area contributed by atoms with Crippen LogP contribution in [0.3, 0.4) is 0 Å². The first-order valence-electron chi connectivity index (χ1n) is 11.9. The van der Waals surface area contributed by atoms with Gasteiger partial charge in [-0.3, -0.25) is 0 Å². The smallest absolute Gasteiger partial charge is 0.504 e. The topological polar surface area (TPSA) is 104 Å². The van der Waals surface area contributed by atoms with Crippen molar-refractivity contribution in [2.75, 3.05) is 19.8 Å². The Labute approximate surface area is 200 Å². The van der Waals surface area contributed by atoms with E-state index in [1.54, 1.807) is 6.07 Å². The average molecular weight is 475 g/mol. The van der Waals surface area contributed by atoms with E-state index in [-0.39, 0.29) is 5.75 Å². The zero-order valence-electron chi connectivity index (χ0n) is 20.1. The predicted molar refractivity (Wildman–Crippen MR) is 127 cm³/mol. The van der Waals surface area contributed by atoms with Crippen LogP contribution in [0.2, 0.25) is 0 Å². The molecule has 0 saturated heterocycles. The molecule has 8 nitrogen and oxygen atoms in total. The fourth-order valence-electron chi connectivity index (χ4n) is 3.98. The number of rotatable bonds is 12. The number of fused-ring (bicyclic) bond motifs is 1. The minimum absolute atomic E-state index is 0.0637. The molecule has 2 aromatic rings. The lowest BCUT2D eigenvalue weighted by Crippen LogP contribution is -2.28. The van der Waals surface area contributed by atoms with Crippen molar-refractivity contribution in [3.05, 3.63) is 41.0 Å². The van der Waals surface area contributed by atoms with E-state index in [9.17, 15) is 9.90 Å². The van der Waals surface area contributed by atoms with Gasteiger partial charge in [-0.05, 0) is 49.4 Å². The Morgan fingerprint density at radius 3 is 2.50 bits per heavy atom. The van der Waals surface area contributed by atoms with E-state index in [4.69, 9.17) is 28.8 Å². The second-order valence-corrected chi connectivity index (χ2v) is 8.02.